The molecule has 7 heteroatoms. The van der Waals surface area contributed by atoms with Gasteiger partial charge < -0.3 is 9.30 Å². The number of carbonyl (C=O) groups excluding carboxylic acids is 1. The number of aromatic nitrogens is 1. The van der Waals surface area contributed by atoms with Gasteiger partial charge in [-0.2, -0.15) is 4.99 Å². The van der Waals surface area contributed by atoms with Crippen molar-refractivity contribution >= 4 is 27.5 Å². The number of hydrogen-bond acceptors (Lipinski definition) is 3. The van der Waals surface area contributed by atoms with Gasteiger partial charge in [-0.3, -0.25) is 4.79 Å². The fourth-order valence-corrected chi connectivity index (χ4v) is 3.95. The van der Waals surface area contributed by atoms with Crippen LogP contribution in [0.3, 0.4) is 0 Å². The third-order valence-electron chi connectivity index (χ3n) is 4.36. The van der Waals surface area contributed by atoms with Crippen molar-refractivity contribution < 1.29 is 18.3 Å². The van der Waals surface area contributed by atoms with Crippen molar-refractivity contribution in [1.82, 2.24) is 4.57 Å². The maximum absolute atomic E-state index is 14.3. The molecule has 142 valence electrons. The summed E-state index contributed by atoms with van der Waals surface area (Å²) >= 11 is 1.09. The summed E-state index contributed by atoms with van der Waals surface area (Å²) < 4.78 is 34.9. The molecule has 4 nitrogen and oxygen atoms in total. The van der Waals surface area contributed by atoms with Crippen LogP contribution >= 0.6 is 11.3 Å². The highest BCUT2D eigenvalue weighted by molar-refractivity contribution is 7.16. The van der Waals surface area contributed by atoms with Gasteiger partial charge in [0.1, 0.15) is 5.82 Å². The standard InChI is InChI=1S/C20H20F2N2O2S/c1-12-4-5-14(8-13(12)2)9-18(25)23-20-24(6-7-26-3)19-16(22)10-15(21)11-17(19)27-20/h4-5,8,10-11H,6-7,9H2,1-3H3. The molecule has 3 aromatic rings. The van der Waals surface area contributed by atoms with Gasteiger partial charge in [-0.25, -0.2) is 8.78 Å². The lowest BCUT2D eigenvalue weighted by atomic mass is 10.0. The number of benzene rings is 2. The Kier molecular flexibility index (Phi) is 5.82. The molecule has 1 heterocycles. The maximum atomic E-state index is 14.3. The number of fused-ring (bicyclic) bond motifs is 1. The summed E-state index contributed by atoms with van der Waals surface area (Å²) in [4.78, 5) is 17.0. The fourth-order valence-electron chi connectivity index (χ4n) is 2.84. The van der Waals surface area contributed by atoms with E-state index in [1.165, 1.54) is 13.2 Å². The molecule has 0 atom stereocenters. The normalized spacial score (nSPS) is 12.1. The average molecular weight is 390 g/mol. The van der Waals surface area contributed by atoms with Crippen LogP contribution in [0.5, 0.6) is 0 Å². The second-order valence-corrected chi connectivity index (χ2v) is 7.37. The van der Waals surface area contributed by atoms with E-state index in [1.807, 2.05) is 32.0 Å². The zero-order valence-electron chi connectivity index (χ0n) is 15.4. The summed E-state index contributed by atoms with van der Waals surface area (Å²) in [5, 5.41) is 0. The number of amides is 1. The molecule has 0 bridgehead atoms. The lowest BCUT2D eigenvalue weighted by Gasteiger charge is -2.05. The molecule has 0 saturated heterocycles. The summed E-state index contributed by atoms with van der Waals surface area (Å²) in [5.74, 6) is -1.68. The van der Waals surface area contributed by atoms with E-state index >= 15 is 0 Å². The first-order valence-electron chi connectivity index (χ1n) is 8.50. The molecule has 0 radical (unpaired) electrons. The van der Waals surface area contributed by atoms with E-state index in [2.05, 4.69) is 4.99 Å². The van der Waals surface area contributed by atoms with Gasteiger partial charge in [0.15, 0.2) is 10.6 Å². The van der Waals surface area contributed by atoms with Crippen molar-refractivity contribution in [2.75, 3.05) is 13.7 Å². The Hall–Kier alpha value is -2.38. The van der Waals surface area contributed by atoms with Crippen LogP contribution in [0.1, 0.15) is 16.7 Å². The van der Waals surface area contributed by atoms with Crippen molar-refractivity contribution in [2.45, 2.75) is 26.8 Å². The minimum Gasteiger partial charge on any atom is -0.383 e. The molecule has 0 saturated carbocycles. The highest BCUT2D eigenvalue weighted by atomic mass is 32.1. The summed E-state index contributed by atoms with van der Waals surface area (Å²) in [6.45, 7) is 4.63. The van der Waals surface area contributed by atoms with Gasteiger partial charge in [-0.1, -0.05) is 29.5 Å². The van der Waals surface area contributed by atoms with Gasteiger partial charge in [0.25, 0.3) is 5.91 Å². The highest BCUT2D eigenvalue weighted by Crippen LogP contribution is 2.22. The third-order valence-corrected chi connectivity index (χ3v) is 5.39. The number of rotatable bonds is 5. The van der Waals surface area contributed by atoms with Gasteiger partial charge in [-0.05, 0) is 36.6 Å². The fraction of sp³-hybridized carbons (Fsp3) is 0.300. The molecule has 0 unspecified atom stereocenters. The molecular formula is C20H20F2N2O2S. The molecule has 27 heavy (non-hydrogen) atoms. The molecule has 1 aromatic heterocycles. The van der Waals surface area contributed by atoms with Crippen LogP contribution in [-0.4, -0.2) is 24.2 Å². The first-order chi connectivity index (χ1) is 12.9. The number of nitrogens with zero attached hydrogens (tertiary/aromatic N) is 2. The summed E-state index contributed by atoms with van der Waals surface area (Å²) in [5.41, 5.74) is 3.36. The second-order valence-electron chi connectivity index (χ2n) is 6.36. The van der Waals surface area contributed by atoms with E-state index in [0.29, 0.717) is 22.7 Å². The predicted molar refractivity (Wildman–Crippen MR) is 102 cm³/mol. The van der Waals surface area contributed by atoms with Gasteiger partial charge >= 0.3 is 0 Å². The SMILES string of the molecule is COCCn1c(=NC(=O)Cc2ccc(C)c(C)c2)sc2cc(F)cc(F)c21. The van der Waals surface area contributed by atoms with Crippen molar-refractivity contribution in [3.05, 3.63) is 63.5 Å². The Labute approximate surface area is 159 Å². The predicted octanol–water partition coefficient (Wildman–Crippen LogP) is 3.91. The van der Waals surface area contributed by atoms with E-state index in [0.717, 1.165) is 34.1 Å². The maximum Gasteiger partial charge on any atom is 0.252 e. The van der Waals surface area contributed by atoms with Crippen LogP contribution < -0.4 is 4.80 Å². The lowest BCUT2D eigenvalue weighted by molar-refractivity contribution is -0.117. The number of aryl methyl sites for hydroxylation is 2. The zero-order chi connectivity index (χ0) is 19.6. The quantitative estimate of drug-likeness (QED) is 0.663. The van der Waals surface area contributed by atoms with Crippen LogP contribution in [0.25, 0.3) is 10.2 Å². The Morgan fingerprint density at radius 1 is 1.19 bits per heavy atom. The molecular weight excluding hydrogens is 370 g/mol. The summed E-state index contributed by atoms with van der Waals surface area (Å²) in [7, 11) is 1.53. The van der Waals surface area contributed by atoms with Crippen molar-refractivity contribution in [3.63, 3.8) is 0 Å². The van der Waals surface area contributed by atoms with Gasteiger partial charge in [-0.15, -0.1) is 0 Å². The van der Waals surface area contributed by atoms with Gasteiger partial charge in [0.2, 0.25) is 0 Å². The Morgan fingerprint density at radius 3 is 2.67 bits per heavy atom. The molecule has 1 amide bonds. The van der Waals surface area contributed by atoms with Crippen molar-refractivity contribution in [3.8, 4) is 0 Å². The Bertz CT molecular complexity index is 1070. The van der Waals surface area contributed by atoms with E-state index in [1.54, 1.807) is 4.57 Å². The summed E-state index contributed by atoms with van der Waals surface area (Å²) in [6.07, 6.45) is 0.149. The van der Waals surface area contributed by atoms with Crippen LogP contribution in [0, 0.1) is 25.5 Å². The average Bonchev–Trinajstić information content (AvgIpc) is 2.93. The third kappa shape index (κ3) is 4.31. The molecule has 2 aromatic carbocycles. The first kappa shape index (κ1) is 19.4. The number of methoxy groups -OCH3 is 1. The smallest absolute Gasteiger partial charge is 0.252 e. The monoisotopic (exact) mass is 390 g/mol. The van der Waals surface area contributed by atoms with E-state index in [-0.39, 0.29) is 17.8 Å². The molecule has 3 rings (SSSR count). The molecule has 0 fully saturated rings. The molecule has 0 spiro atoms. The van der Waals surface area contributed by atoms with Crippen LogP contribution in [0.2, 0.25) is 0 Å². The number of ether oxygens (including phenoxy) is 1. The molecule has 0 aliphatic heterocycles. The Balaban J connectivity index is 2.01. The lowest BCUT2D eigenvalue weighted by Crippen LogP contribution is -2.20. The highest BCUT2D eigenvalue weighted by Gasteiger charge is 2.14. The van der Waals surface area contributed by atoms with E-state index < -0.39 is 11.6 Å². The van der Waals surface area contributed by atoms with Crippen LogP contribution in [0.4, 0.5) is 8.78 Å². The van der Waals surface area contributed by atoms with Crippen molar-refractivity contribution in [2.24, 2.45) is 4.99 Å². The van der Waals surface area contributed by atoms with E-state index in [9.17, 15) is 13.6 Å². The molecule has 0 N–H and O–H groups in total. The first-order valence-corrected chi connectivity index (χ1v) is 9.31. The van der Waals surface area contributed by atoms with E-state index in [4.69, 9.17) is 4.74 Å². The van der Waals surface area contributed by atoms with Gasteiger partial charge in [0, 0.05) is 19.7 Å². The molecule has 0 aliphatic rings. The number of thiazole rings is 1. The topological polar surface area (TPSA) is 43.6 Å². The minimum absolute atomic E-state index is 0.149. The van der Waals surface area contributed by atoms with Crippen LogP contribution in [-0.2, 0) is 22.5 Å². The zero-order valence-corrected chi connectivity index (χ0v) is 16.2. The number of hydrogen-bond donors (Lipinski definition) is 0. The van der Waals surface area contributed by atoms with Crippen LogP contribution in [0.15, 0.2) is 35.3 Å². The van der Waals surface area contributed by atoms with Crippen molar-refractivity contribution in [1.29, 1.82) is 0 Å². The largest absolute Gasteiger partial charge is 0.383 e. The number of carbonyl (C=O) groups is 1. The summed E-state index contributed by atoms with van der Waals surface area (Å²) in [6, 6.07) is 7.91. The molecule has 0 aliphatic carbocycles. The van der Waals surface area contributed by atoms with Gasteiger partial charge in [0.05, 0.1) is 23.2 Å². The number of halogens is 2. The Morgan fingerprint density at radius 2 is 1.96 bits per heavy atom. The minimum atomic E-state index is -0.680. The second kappa shape index (κ2) is 8.10.